The van der Waals surface area contributed by atoms with Crippen LogP contribution in [0.3, 0.4) is 0 Å². The zero-order chi connectivity index (χ0) is 40.7. The standard InChI is InChI=1S/C58H42N4/c1-3-17-36(18-4-1)56-59-57(37-19-5-2-6-20-37)61-58(60-56)46-31-32-51(44-27-13-11-25-42(44)46)62-50-30-16-15-29-47(50)54-52(62)35-40-23-9-10-24-41(40)55(54)53-45-28-14-12-26-43(45)48-33-38-21-7-8-22-39(38)34-49(48)53/h1-23,25-35,41,43,48-49,56H,24H2,(H,59,60,61). The van der Waals surface area contributed by atoms with Gasteiger partial charge >= 0.3 is 0 Å². The molecule has 5 unspecified atom stereocenters. The Kier molecular flexibility index (Phi) is 7.96. The van der Waals surface area contributed by atoms with Gasteiger partial charge in [-0.3, -0.25) is 0 Å². The lowest BCUT2D eigenvalue weighted by atomic mass is 9.73. The van der Waals surface area contributed by atoms with Gasteiger partial charge in [0.05, 0.1) is 16.6 Å². The first-order valence-corrected chi connectivity index (χ1v) is 21.9. The highest BCUT2D eigenvalue weighted by molar-refractivity contribution is 6.18. The number of aromatic nitrogens is 1. The maximum Gasteiger partial charge on any atom is 0.159 e. The molecule has 0 spiro atoms. The fourth-order valence-corrected chi connectivity index (χ4v) is 11.2. The molecule has 6 aliphatic rings. The van der Waals surface area contributed by atoms with Gasteiger partial charge in [0, 0.05) is 44.9 Å². The van der Waals surface area contributed by atoms with Gasteiger partial charge in [-0.05, 0) is 80.3 Å². The van der Waals surface area contributed by atoms with Crippen molar-refractivity contribution in [3.63, 3.8) is 0 Å². The summed E-state index contributed by atoms with van der Waals surface area (Å²) in [5.74, 6) is 2.80. The van der Waals surface area contributed by atoms with Crippen LogP contribution in [0.1, 0.15) is 29.3 Å². The highest BCUT2D eigenvalue weighted by atomic mass is 15.2. The molecule has 1 N–H and O–H groups in total. The third kappa shape index (κ3) is 5.39. The summed E-state index contributed by atoms with van der Waals surface area (Å²) in [7, 11) is 0. The topological polar surface area (TPSA) is 41.7 Å². The van der Waals surface area contributed by atoms with Gasteiger partial charge in [-0.1, -0.05) is 182 Å². The molecular weight excluding hydrogens is 753 g/mol. The van der Waals surface area contributed by atoms with Gasteiger partial charge in [-0.15, -0.1) is 0 Å². The number of rotatable bonds is 5. The summed E-state index contributed by atoms with van der Waals surface area (Å²) < 4.78 is 2.55. The van der Waals surface area contributed by atoms with E-state index in [2.05, 4.69) is 204 Å². The van der Waals surface area contributed by atoms with Crippen LogP contribution in [0.25, 0.3) is 51.2 Å². The maximum atomic E-state index is 5.24. The second-order valence-electron chi connectivity index (χ2n) is 17.2. The smallest absolute Gasteiger partial charge is 0.159 e. The number of para-hydroxylation sites is 1. The minimum Gasteiger partial charge on any atom is -0.344 e. The van der Waals surface area contributed by atoms with Crippen LogP contribution in [0.15, 0.2) is 215 Å². The maximum absolute atomic E-state index is 5.24. The summed E-state index contributed by atoms with van der Waals surface area (Å²) in [6.45, 7) is 0. The molecule has 0 radical (unpaired) electrons. The van der Waals surface area contributed by atoms with E-state index in [1.54, 1.807) is 0 Å². The van der Waals surface area contributed by atoms with Gasteiger partial charge in [-0.2, -0.15) is 0 Å². The van der Waals surface area contributed by atoms with E-state index in [4.69, 9.17) is 9.98 Å². The Bertz CT molecular complexity index is 3540. The SMILES string of the molecule is C1=CCC2C(=C1)C=c1c(c3ccccc3n1-c1ccc(C3=NC(c4ccccc4)=NC(c4ccccc4)N3)c3ccccc13)=C2C1=C2C=CC=CC2C2C=c3ccccc3=CC12. The molecule has 4 heteroatoms. The van der Waals surface area contributed by atoms with Crippen molar-refractivity contribution in [3.8, 4) is 5.69 Å². The first-order valence-electron chi connectivity index (χ1n) is 21.9. The van der Waals surface area contributed by atoms with Crippen LogP contribution in [0.5, 0.6) is 0 Å². The van der Waals surface area contributed by atoms with Gasteiger partial charge in [0.15, 0.2) is 5.84 Å². The van der Waals surface area contributed by atoms with E-state index in [-0.39, 0.29) is 18.0 Å². The van der Waals surface area contributed by atoms with E-state index in [0.717, 1.165) is 45.9 Å². The first kappa shape index (κ1) is 35.2. The third-order valence-corrected chi connectivity index (χ3v) is 13.9. The van der Waals surface area contributed by atoms with Crippen molar-refractivity contribution in [1.29, 1.82) is 0 Å². The van der Waals surface area contributed by atoms with E-state index in [1.165, 1.54) is 59.6 Å². The molecule has 5 aliphatic carbocycles. The van der Waals surface area contributed by atoms with Gasteiger partial charge < -0.3 is 9.88 Å². The van der Waals surface area contributed by atoms with Gasteiger partial charge in [0.1, 0.15) is 12.0 Å². The summed E-state index contributed by atoms with van der Waals surface area (Å²) in [5, 5.41) is 12.7. The Labute approximate surface area is 360 Å². The molecule has 0 fully saturated rings. The Morgan fingerprint density at radius 3 is 2.23 bits per heavy atom. The fraction of sp³-hybridized carbons (Fsp3) is 0.103. The van der Waals surface area contributed by atoms with Crippen molar-refractivity contribution >= 4 is 57.1 Å². The van der Waals surface area contributed by atoms with Crippen molar-refractivity contribution in [2.45, 2.75) is 12.6 Å². The minimum atomic E-state index is -0.279. The zero-order valence-corrected chi connectivity index (χ0v) is 34.1. The van der Waals surface area contributed by atoms with E-state index in [9.17, 15) is 0 Å². The summed E-state index contributed by atoms with van der Waals surface area (Å²) in [5.41, 5.74) is 11.4. The van der Waals surface area contributed by atoms with E-state index in [1.807, 2.05) is 12.1 Å². The number of fused-ring (bicyclic) bond motifs is 9. The Hall–Kier alpha value is -7.56. The molecule has 294 valence electrons. The van der Waals surface area contributed by atoms with Crippen LogP contribution in [0, 0.1) is 23.7 Å². The highest BCUT2D eigenvalue weighted by Gasteiger charge is 2.43. The Morgan fingerprint density at radius 1 is 0.629 bits per heavy atom. The molecule has 1 aromatic heterocycles. The van der Waals surface area contributed by atoms with Crippen LogP contribution >= 0.6 is 0 Å². The average Bonchev–Trinajstić information content (AvgIpc) is 3.84. The van der Waals surface area contributed by atoms with E-state index < -0.39 is 0 Å². The molecule has 5 atom stereocenters. The van der Waals surface area contributed by atoms with Crippen LogP contribution in [-0.2, 0) is 0 Å². The van der Waals surface area contributed by atoms with Gasteiger partial charge in [-0.25, -0.2) is 9.98 Å². The number of benzene rings is 6. The molecule has 13 rings (SSSR count). The molecule has 4 nitrogen and oxygen atoms in total. The summed E-state index contributed by atoms with van der Waals surface area (Å²) in [4.78, 5) is 10.4. The fourth-order valence-electron chi connectivity index (χ4n) is 11.2. The largest absolute Gasteiger partial charge is 0.344 e. The molecule has 6 aromatic carbocycles. The number of nitrogens with zero attached hydrogens (tertiary/aromatic N) is 3. The van der Waals surface area contributed by atoms with Crippen LogP contribution < -0.4 is 26.3 Å². The monoisotopic (exact) mass is 794 g/mol. The molecule has 7 aromatic rings. The normalized spacial score (nSPS) is 22.8. The molecule has 62 heavy (non-hydrogen) atoms. The lowest BCUT2D eigenvalue weighted by Gasteiger charge is -2.31. The lowest BCUT2D eigenvalue weighted by molar-refractivity contribution is 0.546. The van der Waals surface area contributed by atoms with Crippen molar-refractivity contribution < 1.29 is 0 Å². The van der Waals surface area contributed by atoms with Gasteiger partial charge in [0.2, 0.25) is 0 Å². The number of nitrogens with one attached hydrogen (secondary N) is 1. The predicted octanol–water partition coefficient (Wildman–Crippen LogP) is 9.29. The van der Waals surface area contributed by atoms with Crippen LogP contribution in [0.4, 0.5) is 0 Å². The van der Waals surface area contributed by atoms with Crippen molar-refractivity contribution in [1.82, 2.24) is 9.88 Å². The first-order chi connectivity index (χ1) is 30.8. The molecule has 0 amide bonds. The second kappa shape index (κ2) is 14.0. The molecular formula is C58H42N4. The molecule has 2 heterocycles. The average molecular weight is 795 g/mol. The predicted molar refractivity (Wildman–Crippen MR) is 255 cm³/mol. The van der Waals surface area contributed by atoms with Crippen LogP contribution in [-0.4, -0.2) is 16.2 Å². The Morgan fingerprint density at radius 2 is 1.37 bits per heavy atom. The van der Waals surface area contributed by atoms with Crippen molar-refractivity contribution in [2.24, 2.45) is 33.7 Å². The van der Waals surface area contributed by atoms with Crippen LogP contribution in [0.2, 0.25) is 0 Å². The summed E-state index contributed by atoms with van der Waals surface area (Å²) in [6, 6.07) is 52.2. The molecule has 0 saturated heterocycles. The summed E-state index contributed by atoms with van der Waals surface area (Å²) in [6.07, 6.45) is 24.7. The minimum absolute atomic E-state index is 0.270. The zero-order valence-electron chi connectivity index (χ0n) is 34.1. The molecule has 0 saturated carbocycles. The number of amidine groups is 2. The second-order valence-corrected chi connectivity index (χ2v) is 17.2. The molecule has 1 aliphatic heterocycles. The highest BCUT2D eigenvalue weighted by Crippen LogP contribution is 2.53. The van der Waals surface area contributed by atoms with Gasteiger partial charge in [0.25, 0.3) is 0 Å². The lowest BCUT2D eigenvalue weighted by Crippen LogP contribution is -2.39. The Balaban J connectivity index is 1.06. The number of aliphatic imine (C=N–C) groups is 2. The number of hydrogen-bond donors (Lipinski definition) is 1. The van der Waals surface area contributed by atoms with Crippen molar-refractivity contribution in [2.75, 3.05) is 0 Å². The van der Waals surface area contributed by atoms with E-state index in [0.29, 0.717) is 11.8 Å². The van der Waals surface area contributed by atoms with E-state index >= 15 is 0 Å². The summed E-state index contributed by atoms with van der Waals surface area (Å²) >= 11 is 0. The quantitative estimate of drug-likeness (QED) is 0.186. The number of allylic oxidation sites excluding steroid dienone is 10. The number of hydrogen-bond acceptors (Lipinski definition) is 3. The third-order valence-electron chi connectivity index (χ3n) is 13.9. The van der Waals surface area contributed by atoms with Crippen molar-refractivity contribution in [3.05, 3.63) is 243 Å². The molecule has 0 bridgehead atoms.